The van der Waals surface area contributed by atoms with Crippen LogP contribution in [0.1, 0.15) is 28.3 Å². The first-order valence-corrected chi connectivity index (χ1v) is 7.29. The summed E-state index contributed by atoms with van der Waals surface area (Å²) in [5.41, 5.74) is -0.189. The van der Waals surface area contributed by atoms with Crippen LogP contribution in [0.25, 0.3) is 0 Å². The van der Waals surface area contributed by atoms with E-state index in [9.17, 15) is 9.59 Å². The Morgan fingerprint density at radius 1 is 1.42 bits per heavy atom. The molecule has 100 valence electrons. The maximum atomic E-state index is 12.1. The Labute approximate surface area is 118 Å². The van der Waals surface area contributed by atoms with Crippen molar-refractivity contribution in [1.29, 1.82) is 0 Å². The number of fused-ring (bicyclic) bond motifs is 1. The van der Waals surface area contributed by atoms with Crippen LogP contribution >= 0.6 is 22.9 Å². The molecule has 1 aliphatic rings. The number of thiophene rings is 1. The minimum atomic E-state index is -0.189. The number of nitrogens with zero attached hydrogens (tertiary/aromatic N) is 3. The molecule has 5 nitrogen and oxygen atoms in total. The van der Waals surface area contributed by atoms with Gasteiger partial charge in [-0.1, -0.05) is 11.6 Å². The lowest BCUT2D eigenvalue weighted by atomic mass is 10.2. The van der Waals surface area contributed by atoms with Gasteiger partial charge in [-0.2, -0.15) is 5.10 Å². The minimum absolute atomic E-state index is 0.0182. The molecule has 2 aromatic heterocycles. The summed E-state index contributed by atoms with van der Waals surface area (Å²) in [5.74, 6) is 0.655. The number of hydrogen-bond acceptors (Lipinski definition) is 4. The highest BCUT2D eigenvalue weighted by Gasteiger charge is 2.19. The Morgan fingerprint density at radius 2 is 2.26 bits per heavy atom. The van der Waals surface area contributed by atoms with Crippen molar-refractivity contribution in [2.45, 2.75) is 32.4 Å². The van der Waals surface area contributed by atoms with Gasteiger partial charge in [0.1, 0.15) is 12.4 Å². The first-order valence-electron chi connectivity index (χ1n) is 6.10. The van der Waals surface area contributed by atoms with Gasteiger partial charge in [0.25, 0.3) is 0 Å². The zero-order valence-corrected chi connectivity index (χ0v) is 11.7. The Hall–Kier alpha value is -1.40. The minimum Gasteiger partial charge on any atom is -0.291 e. The van der Waals surface area contributed by atoms with Crippen LogP contribution in [0.3, 0.4) is 0 Å². The molecule has 0 bridgehead atoms. The van der Waals surface area contributed by atoms with E-state index in [1.54, 1.807) is 16.7 Å². The number of aromatic nitrogens is 3. The summed E-state index contributed by atoms with van der Waals surface area (Å²) >= 11 is 7.02. The average molecular weight is 298 g/mol. The van der Waals surface area contributed by atoms with Gasteiger partial charge in [-0.25, -0.2) is 9.48 Å². The topological polar surface area (TPSA) is 56.9 Å². The van der Waals surface area contributed by atoms with Crippen molar-refractivity contribution in [2.24, 2.45) is 0 Å². The fourth-order valence-corrected chi connectivity index (χ4v) is 3.20. The van der Waals surface area contributed by atoms with Gasteiger partial charge < -0.3 is 0 Å². The van der Waals surface area contributed by atoms with E-state index >= 15 is 0 Å². The second-order valence-electron chi connectivity index (χ2n) is 4.49. The first-order chi connectivity index (χ1) is 9.15. The van der Waals surface area contributed by atoms with Gasteiger partial charge in [-0.15, -0.1) is 11.3 Å². The van der Waals surface area contributed by atoms with Crippen molar-refractivity contribution in [1.82, 2.24) is 14.3 Å². The number of rotatable bonds is 3. The molecule has 0 unspecified atom stereocenters. The number of halogens is 1. The molecule has 0 saturated heterocycles. The summed E-state index contributed by atoms with van der Waals surface area (Å²) in [6, 6.07) is 3.36. The lowest BCUT2D eigenvalue weighted by Gasteiger charge is -2.09. The molecule has 3 heterocycles. The predicted molar refractivity (Wildman–Crippen MR) is 73.1 cm³/mol. The van der Waals surface area contributed by atoms with E-state index in [2.05, 4.69) is 5.10 Å². The Balaban J connectivity index is 1.86. The number of carbonyl (C=O) groups is 1. The molecule has 19 heavy (non-hydrogen) atoms. The highest BCUT2D eigenvalue weighted by Crippen LogP contribution is 2.22. The van der Waals surface area contributed by atoms with Gasteiger partial charge >= 0.3 is 5.69 Å². The van der Waals surface area contributed by atoms with Crippen LogP contribution in [0.2, 0.25) is 4.34 Å². The average Bonchev–Trinajstić information content (AvgIpc) is 2.96. The van der Waals surface area contributed by atoms with E-state index in [1.165, 1.54) is 16.0 Å². The van der Waals surface area contributed by atoms with Crippen LogP contribution in [0.5, 0.6) is 0 Å². The third kappa shape index (κ3) is 2.37. The van der Waals surface area contributed by atoms with Gasteiger partial charge in [0.2, 0.25) is 0 Å². The van der Waals surface area contributed by atoms with Crippen LogP contribution in [0.15, 0.2) is 16.9 Å². The molecule has 2 aromatic rings. The molecule has 0 aromatic carbocycles. The number of Topliss-reactive ketones (excluding diaryl/α,β-unsaturated/α-hetero) is 1. The summed E-state index contributed by atoms with van der Waals surface area (Å²) in [5, 5.41) is 4.24. The van der Waals surface area contributed by atoms with Crippen molar-refractivity contribution in [2.75, 3.05) is 0 Å². The first kappa shape index (κ1) is 12.6. The van der Waals surface area contributed by atoms with Gasteiger partial charge in [-0.3, -0.25) is 9.36 Å². The number of carbonyl (C=O) groups excluding carboxylic acids is 1. The Morgan fingerprint density at radius 3 is 2.95 bits per heavy atom. The normalized spacial score (nSPS) is 14.4. The molecule has 0 atom stereocenters. The van der Waals surface area contributed by atoms with Crippen LogP contribution in [-0.2, 0) is 19.5 Å². The molecular weight excluding hydrogens is 286 g/mol. The van der Waals surface area contributed by atoms with Gasteiger partial charge in [-0.05, 0) is 25.0 Å². The number of aryl methyl sites for hydroxylation is 1. The second kappa shape index (κ2) is 4.94. The lowest BCUT2D eigenvalue weighted by molar-refractivity contribution is 0.0970. The maximum Gasteiger partial charge on any atom is 0.346 e. The fourth-order valence-electron chi connectivity index (χ4n) is 2.23. The van der Waals surface area contributed by atoms with Gasteiger partial charge in [0.05, 0.1) is 9.21 Å². The van der Waals surface area contributed by atoms with Crippen molar-refractivity contribution in [3.05, 3.63) is 37.7 Å². The van der Waals surface area contributed by atoms with Crippen molar-refractivity contribution in [3.8, 4) is 0 Å². The predicted octanol–water partition coefficient (Wildman–Crippen LogP) is 1.98. The zero-order chi connectivity index (χ0) is 13.4. The summed E-state index contributed by atoms with van der Waals surface area (Å²) in [4.78, 5) is 24.7. The van der Waals surface area contributed by atoms with Crippen LogP contribution in [0, 0.1) is 0 Å². The molecule has 7 heteroatoms. The molecule has 0 aliphatic carbocycles. The van der Waals surface area contributed by atoms with E-state index in [0.717, 1.165) is 25.1 Å². The standard InChI is InChI=1S/C12H12ClN3O2S/c13-10-5-4-9(19-10)8(17)7-16-12(18)15-6-2-1-3-11(15)14-16/h4-5H,1-3,6-7H2. The SMILES string of the molecule is O=C(Cn1nc2n(c1=O)CCCC2)c1ccc(Cl)s1. The monoisotopic (exact) mass is 297 g/mol. The summed E-state index contributed by atoms with van der Waals surface area (Å²) in [7, 11) is 0. The summed E-state index contributed by atoms with van der Waals surface area (Å²) in [6.45, 7) is 0.683. The van der Waals surface area contributed by atoms with E-state index in [4.69, 9.17) is 11.6 Å². The zero-order valence-electron chi connectivity index (χ0n) is 10.1. The molecule has 0 fully saturated rings. The fraction of sp³-hybridized carbons (Fsp3) is 0.417. The smallest absolute Gasteiger partial charge is 0.291 e. The lowest BCUT2D eigenvalue weighted by Crippen LogP contribution is -2.28. The van der Waals surface area contributed by atoms with Gasteiger partial charge in [0, 0.05) is 13.0 Å². The second-order valence-corrected chi connectivity index (χ2v) is 6.21. The van der Waals surface area contributed by atoms with Crippen LogP contribution in [-0.4, -0.2) is 20.1 Å². The third-order valence-electron chi connectivity index (χ3n) is 3.17. The van der Waals surface area contributed by atoms with Gasteiger partial charge in [0.15, 0.2) is 5.78 Å². The third-order valence-corrected chi connectivity index (χ3v) is 4.45. The van der Waals surface area contributed by atoms with Crippen molar-refractivity contribution >= 4 is 28.7 Å². The van der Waals surface area contributed by atoms with E-state index in [0.29, 0.717) is 15.8 Å². The van der Waals surface area contributed by atoms with Crippen LogP contribution in [0.4, 0.5) is 0 Å². The largest absolute Gasteiger partial charge is 0.346 e. The molecular formula is C12H12ClN3O2S. The van der Waals surface area contributed by atoms with E-state index in [-0.39, 0.29) is 18.0 Å². The molecule has 0 spiro atoms. The number of hydrogen-bond donors (Lipinski definition) is 0. The number of ketones is 1. The summed E-state index contributed by atoms with van der Waals surface area (Å²) < 4.78 is 3.49. The van der Waals surface area contributed by atoms with E-state index in [1.807, 2.05) is 0 Å². The summed E-state index contributed by atoms with van der Waals surface area (Å²) in [6.07, 6.45) is 2.85. The molecule has 0 saturated carbocycles. The highest BCUT2D eigenvalue weighted by atomic mass is 35.5. The maximum absolute atomic E-state index is 12.1. The molecule has 0 N–H and O–H groups in total. The van der Waals surface area contributed by atoms with E-state index < -0.39 is 0 Å². The van der Waals surface area contributed by atoms with Crippen LogP contribution < -0.4 is 5.69 Å². The highest BCUT2D eigenvalue weighted by molar-refractivity contribution is 7.18. The molecule has 3 rings (SSSR count). The molecule has 1 aliphatic heterocycles. The molecule has 0 radical (unpaired) electrons. The van der Waals surface area contributed by atoms with Crippen molar-refractivity contribution < 1.29 is 4.79 Å². The Bertz CT molecular complexity index is 685. The quantitative estimate of drug-likeness (QED) is 0.814. The van der Waals surface area contributed by atoms with Crippen molar-refractivity contribution in [3.63, 3.8) is 0 Å². The Kier molecular flexibility index (Phi) is 3.28. The molecule has 0 amide bonds.